The molecule has 0 radical (unpaired) electrons. The smallest absolute Gasteiger partial charge is 0.227 e. The van der Waals surface area contributed by atoms with E-state index in [1.807, 2.05) is 19.9 Å². The van der Waals surface area contributed by atoms with Crippen LogP contribution in [0.5, 0.6) is 0 Å². The molecule has 0 saturated carbocycles. The molecule has 114 valence electrons. The van der Waals surface area contributed by atoms with Crippen molar-refractivity contribution in [1.82, 2.24) is 10.3 Å². The Morgan fingerprint density at radius 3 is 2.81 bits per heavy atom. The number of nitrogens with one attached hydrogen (secondary N) is 2. The van der Waals surface area contributed by atoms with E-state index in [-0.39, 0.29) is 5.91 Å². The molecule has 1 amide bonds. The predicted molar refractivity (Wildman–Crippen MR) is 88.5 cm³/mol. The van der Waals surface area contributed by atoms with Crippen LogP contribution in [-0.2, 0) is 17.6 Å². The predicted octanol–water partition coefficient (Wildman–Crippen LogP) is 1.39. The average molecular weight is 306 g/mol. The molecule has 21 heavy (non-hydrogen) atoms. The van der Waals surface area contributed by atoms with Gasteiger partial charge >= 0.3 is 0 Å². The Labute approximate surface area is 130 Å². The Balaban J connectivity index is 2.23. The minimum absolute atomic E-state index is 0.0203. The number of carbonyl (C=O) groups excluding carboxylic acids is 1. The van der Waals surface area contributed by atoms with Crippen molar-refractivity contribution < 1.29 is 4.79 Å². The number of thiocarbonyl (C=S) groups is 1. The summed E-state index contributed by atoms with van der Waals surface area (Å²) in [4.78, 5) is 16.8. The van der Waals surface area contributed by atoms with Crippen LogP contribution in [-0.4, -0.2) is 29.5 Å². The fourth-order valence-electron chi connectivity index (χ4n) is 2.52. The zero-order chi connectivity index (χ0) is 15.6. The molecule has 0 aromatic carbocycles. The fourth-order valence-corrected chi connectivity index (χ4v) is 2.67. The minimum Gasteiger partial charge on any atom is -0.389 e. The van der Waals surface area contributed by atoms with Crippen LogP contribution in [0, 0.1) is 5.41 Å². The first kappa shape index (κ1) is 15.7. The number of aromatic nitrogens is 1. The molecule has 0 unspecified atom stereocenters. The maximum Gasteiger partial charge on any atom is 0.227 e. The second kappa shape index (κ2) is 5.97. The molecule has 6 heteroatoms. The molecule has 2 rings (SSSR count). The van der Waals surface area contributed by atoms with Crippen LogP contribution in [0.2, 0.25) is 0 Å². The van der Waals surface area contributed by atoms with Gasteiger partial charge in [-0.25, -0.2) is 4.98 Å². The van der Waals surface area contributed by atoms with Crippen LogP contribution in [0.4, 0.5) is 5.82 Å². The van der Waals surface area contributed by atoms with Gasteiger partial charge in [-0.3, -0.25) is 4.79 Å². The van der Waals surface area contributed by atoms with E-state index in [4.69, 9.17) is 18.0 Å². The number of nitrogens with two attached hydrogens (primary N) is 1. The summed E-state index contributed by atoms with van der Waals surface area (Å²) in [6.07, 6.45) is 3.13. The topological polar surface area (TPSA) is 80.0 Å². The minimum atomic E-state index is -0.539. The third-order valence-corrected chi connectivity index (χ3v) is 4.08. The van der Waals surface area contributed by atoms with Gasteiger partial charge in [-0.05, 0) is 44.7 Å². The van der Waals surface area contributed by atoms with Crippen LogP contribution in [0.1, 0.15) is 37.1 Å². The van der Waals surface area contributed by atoms with Crippen LogP contribution in [0.15, 0.2) is 6.07 Å². The number of rotatable bonds is 5. The van der Waals surface area contributed by atoms with E-state index in [9.17, 15) is 4.79 Å². The van der Waals surface area contributed by atoms with Crippen LogP contribution in [0.3, 0.4) is 0 Å². The monoisotopic (exact) mass is 306 g/mol. The van der Waals surface area contributed by atoms with Crippen LogP contribution < -0.4 is 16.4 Å². The van der Waals surface area contributed by atoms with Gasteiger partial charge < -0.3 is 16.4 Å². The molecule has 0 bridgehead atoms. The summed E-state index contributed by atoms with van der Waals surface area (Å²) < 4.78 is 0. The largest absolute Gasteiger partial charge is 0.389 e. The lowest BCUT2D eigenvalue weighted by Gasteiger charge is -2.24. The Morgan fingerprint density at radius 2 is 2.19 bits per heavy atom. The molecule has 4 N–H and O–H groups in total. The maximum absolute atomic E-state index is 11.8. The number of carbonyl (C=O) groups is 1. The molecular weight excluding hydrogens is 284 g/mol. The third-order valence-electron chi connectivity index (χ3n) is 3.86. The summed E-state index contributed by atoms with van der Waals surface area (Å²) in [7, 11) is 1.64. The van der Waals surface area contributed by atoms with Gasteiger partial charge in [0, 0.05) is 19.3 Å². The van der Waals surface area contributed by atoms with Gasteiger partial charge in [-0.15, -0.1) is 0 Å². The highest BCUT2D eigenvalue weighted by molar-refractivity contribution is 7.80. The molecule has 0 saturated heterocycles. The summed E-state index contributed by atoms with van der Waals surface area (Å²) >= 11 is 5.12. The van der Waals surface area contributed by atoms with Crippen molar-refractivity contribution in [2.75, 3.05) is 18.9 Å². The fraction of sp³-hybridized carbons (Fsp3) is 0.533. The molecular formula is C15H22N4OS. The second-order valence-electron chi connectivity index (χ2n) is 6.02. The lowest BCUT2D eigenvalue weighted by atomic mass is 9.92. The highest BCUT2D eigenvalue weighted by atomic mass is 32.1. The highest BCUT2D eigenvalue weighted by Gasteiger charge is 2.27. The number of aryl methyl sites for hydroxylation is 2. The zero-order valence-corrected chi connectivity index (χ0v) is 13.6. The van der Waals surface area contributed by atoms with Crippen molar-refractivity contribution in [1.29, 1.82) is 0 Å². The van der Waals surface area contributed by atoms with Gasteiger partial charge in [0.15, 0.2) is 0 Å². The van der Waals surface area contributed by atoms with E-state index in [1.165, 1.54) is 5.56 Å². The Hall–Kier alpha value is -1.69. The molecule has 1 aromatic rings. The Bertz CT molecular complexity index is 583. The van der Waals surface area contributed by atoms with E-state index in [0.717, 1.165) is 30.5 Å². The van der Waals surface area contributed by atoms with Gasteiger partial charge in [-0.2, -0.15) is 0 Å². The molecule has 1 aromatic heterocycles. The Morgan fingerprint density at radius 1 is 1.48 bits per heavy atom. The molecule has 0 atom stereocenters. The first-order valence-corrected chi connectivity index (χ1v) is 7.54. The lowest BCUT2D eigenvalue weighted by Crippen LogP contribution is -2.39. The molecule has 1 aliphatic rings. The number of hydrogen-bond donors (Lipinski definition) is 3. The van der Waals surface area contributed by atoms with Crippen molar-refractivity contribution in [2.24, 2.45) is 11.1 Å². The quantitative estimate of drug-likeness (QED) is 0.716. The number of anilines is 1. The summed E-state index contributed by atoms with van der Waals surface area (Å²) in [5, 5.41) is 5.91. The number of hydrogen-bond acceptors (Lipinski definition) is 4. The number of amides is 1. The third kappa shape index (κ3) is 3.32. The van der Waals surface area contributed by atoms with Gasteiger partial charge in [-0.1, -0.05) is 12.2 Å². The van der Waals surface area contributed by atoms with E-state index in [2.05, 4.69) is 15.6 Å². The van der Waals surface area contributed by atoms with Crippen molar-refractivity contribution in [3.63, 3.8) is 0 Å². The van der Waals surface area contributed by atoms with Crippen molar-refractivity contribution >= 4 is 28.9 Å². The van der Waals surface area contributed by atoms with Gasteiger partial charge in [0.25, 0.3) is 0 Å². The van der Waals surface area contributed by atoms with Crippen molar-refractivity contribution in [3.05, 3.63) is 22.9 Å². The zero-order valence-electron chi connectivity index (χ0n) is 12.7. The van der Waals surface area contributed by atoms with E-state index >= 15 is 0 Å². The lowest BCUT2D eigenvalue weighted by molar-refractivity contribution is -0.128. The normalized spacial score (nSPS) is 13.7. The average Bonchev–Trinajstić information content (AvgIpc) is 2.90. The number of nitrogens with zero attached hydrogens (tertiary/aromatic N) is 1. The van der Waals surface area contributed by atoms with Gasteiger partial charge in [0.2, 0.25) is 5.91 Å². The molecule has 1 heterocycles. The van der Waals surface area contributed by atoms with E-state index < -0.39 is 5.41 Å². The molecule has 0 aliphatic heterocycles. The second-order valence-corrected chi connectivity index (χ2v) is 6.46. The number of pyridine rings is 1. The summed E-state index contributed by atoms with van der Waals surface area (Å²) in [6, 6.07) is 2.03. The molecule has 0 fully saturated rings. The highest BCUT2D eigenvalue weighted by Crippen LogP contribution is 2.26. The Kier molecular flexibility index (Phi) is 4.46. The molecule has 1 aliphatic carbocycles. The summed E-state index contributed by atoms with van der Waals surface area (Å²) in [5.74, 6) is 0.660. The van der Waals surface area contributed by atoms with E-state index in [1.54, 1.807) is 7.05 Å². The summed E-state index contributed by atoms with van der Waals surface area (Å²) in [6.45, 7) is 4.23. The van der Waals surface area contributed by atoms with Crippen LogP contribution in [0.25, 0.3) is 0 Å². The van der Waals surface area contributed by atoms with Gasteiger partial charge in [0.05, 0.1) is 11.0 Å². The van der Waals surface area contributed by atoms with Gasteiger partial charge in [0.1, 0.15) is 10.8 Å². The first-order valence-electron chi connectivity index (χ1n) is 7.14. The summed E-state index contributed by atoms with van der Waals surface area (Å²) in [5.41, 5.74) is 8.37. The molecule has 0 spiro atoms. The molecule has 5 nitrogen and oxygen atoms in total. The first-order chi connectivity index (χ1) is 9.85. The number of fused-ring (bicyclic) bond motifs is 1. The maximum atomic E-state index is 11.8. The SMILES string of the molecule is CNC(=O)C(C)(C)CNc1nc2c(cc1C(N)=S)CCC2. The van der Waals surface area contributed by atoms with Crippen LogP contribution >= 0.6 is 12.2 Å². The standard InChI is InChI=1S/C15H22N4OS/c1-15(2,14(20)17-3)8-18-13-10(12(16)21)7-9-5-4-6-11(9)19-13/h7H,4-6,8H2,1-3H3,(H2,16,21)(H,17,20)(H,18,19). The van der Waals surface area contributed by atoms with Crippen molar-refractivity contribution in [3.8, 4) is 0 Å². The van der Waals surface area contributed by atoms with E-state index in [0.29, 0.717) is 17.4 Å². The van der Waals surface area contributed by atoms with Crippen molar-refractivity contribution in [2.45, 2.75) is 33.1 Å².